The summed E-state index contributed by atoms with van der Waals surface area (Å²) in [4.78, 5) is 18.3. The molecule has 0 unspecified atom stereocenters. The van der Waals surface area contributed by atoms with Crippen molar-refractivity contribution in [1.82, 2.24) is 4.98 Å². The number of fused-ring (bicyclic) bond motifs is 3. The molecule has 118 valence electrons. The Kier molecular flexibility index (Phi) is 4.08. The molecule has 0 saturated carbocycles. The fourth-order valence-corrected chi connectivity index (χ4v) is 4.30. The molecule has 0 spiro atoms. The first-order chi connectivity index (χ1) is 10.5. The normalized spacial score (nSPS) is 14.4. The Balaban J connectivity index is 2.26. The SMILES string of the molecule is CCOC(=O)c1sc2nc(C(C)C)c3c(c2c1N)CCCC3. The third kappa shape index (κ3) is 2.37. The monoisotopic (exact) mass is 318 g/mol. The van der Waals surface area contributed by atoms with Crippen LogP contribution in [0.2, 0.25) is 0 Å². The topological polar surface area (TPSA) is 65.2 Å². The average molecular weight is 318 g/mol. The van der Waals surface area contributed by atoms with E-state index in [0.29, 0.717) is 23.1 Å². The molecule has 2 aromatic rings. The highest BCUT2D eigenvalue weighted by molar-refractivity contribution is 7.21. The van der Waals surface area contributed by atoms with Gasteiger partial charge in [-0.25, -0.2) is 9.78 Å². The average Bonchev–Trinajstić information content (AvgIpc) is 2.84. The van der Waals surface area contributed by atoms with Gasteiger partial charge in [0.05, 0.1) is 12.3 Å². The number of aryl methyl sites for hydroxylation is 1. The maximum Gasteiger partial charge on any atom is 0.350 e. The molecule has 0 bridgehead atoms. The van der Waals surface area contributed by atoms with Crippen LogP contribution in [0, 0.1) is 0 Å². The quantitative estimate of drug-likeness (QED) is 0.867. The van der Waals surface area contributed by atoms with Crippen LogP contribution in [-0.2, 0) is 17.6 Å². The van der Waals surface area contributed by atoms with Crippen molar-refractivity contribution in [3.05, 3.63) is 21.7 Å². The number of hydrogen-bond acceptors (Lipinski definition) is 5. The molecule has 0 amide bonds. The molecular formula is C17H22N2O2S. The first-order valence-electron chi connectivity index (χ1n) is 7.95. The molecule has 2 aromatic heterocycles. The zero-order valence-corrected chi connectivity index (χ0v) is 14.2. The number of aromatic nitrogens is 1. The number of ether oxygens (including phenoxy) is 1. The largest absolute Gasteiger partial charge is 0.462 e. The second-order valence-electron chi connectivity index (χ2n) is 6.06. The zero-order valence-electron chi connectivity index (χ0n) is 13.4. The standard InChI is InChI=1S/C17H22N2O2S/c1-4-21-17(20)15-13(18)12-10-7-5-6-8-11(10)14(9(2)3)19-16(12)22-15/h9H,4-8,18H2,1-3H3. The number of thiophene rings is 1. The molecule has 0 radical (unpaired) electrons. The Morgan fingerprint density at radius 3 is 2.64 bits per heavy atom. The van der Waals surface area contributed by atoms with E-state index in [-0.39, 0.29) is 5.97 Å². The first kappa shape index (κ1) is 15.3. The molecule has 22 heavy (non-hydrogen) atoms. The van der Waals surface area contributed by atoms with E-state index in [0.717, 1.165) is 23.1 Å². The van der Waals surface area contributed by atoms with Gasteiger partial charge in [-0.3, -0.25) is 0 Å². The van der Waals surface area contributed by atoms with E-state index in [2.05, 4.69) is 13.8 Å². The highest BCUT2D eigenvalue weighted by Gasteiger charge is 2.26. The van der Waals surface area contributed by atoms with Gasteiger partial charge in [0.15, 0.2) is 0 Å². The number of carbonyl (C=O) groups excluding carboxylic acids is 1. The number of rotatable bonds is 3. The number of esters is 1. The maximum atomic E-state index is 12.1. The molecule has 2 heterocycles. The third-order valence-electron chi connectivity index (χ3n) is 4.24. The number of anilines is 1. The lowest BCUT2D eigenvalue weighted by Gasteiger charge is -2.21. The van der Waals surface area contributed by atoms with E-state index in [1.165, 1.54) is 41.0 Å². The van der Waals surface area contributed by atoms with Gasteiger partial charge in [-0.2, -0.15) is 0 Å². The summed E-state index contributed by atoms with van der Waals surface area (Å²) >= 11 is 1.37. The van der Waals surface area contributed by atoms with Gasteiger partial charge in [0.2, 0.25) is 0 Å². The summed E-state index contributed by atoms with van der Waals surface area (Å²) in [5.41, 5.74) is 10.7. The number of carbonyl (C=O) groups is 1. The van der Waals surface area contributed by atoms with Crippen LogP contribution >= 0.6 is 11.3 Å². The molecule has 0 aromatic carbocycles. The minimum absolute atomic E-state index is 0.335. The van der Waals surface area contributed by atoms with Crippen LogP contribution in [0.25, 0.3) is 10.2 Å². The smallest absolute Gasteiger partial charge is 0.350 e. The van der Waals surface area contributed by atoms with Crippen molar-refractivity contribution in [1.29, 1.82) is 0 Å². The van der Waals surface area contributed by atoms with Crippen LogP contribution in [-0.4, -0.2) is 17.6 Å². The molecule has 1 aliphatic carbocycles. The van der Waals surface area contributed by atoms with Crippen molar-refractivity contribution in [2.45, 2.75) is 52.4 Å². The predicted molar refractivity (Wildman–Crippen MR) is 90.7 cm³/mol. The van der Waals surface area contributed by atoms with Crippen LogP contribution in [0.15, 0.2) is 0 Å². The van der Waals surface area contributed by atoms with E-state index in [1.54, 1.807) is 6.92 Å². The Morgan fingerprint density at radius 2 is 2.00 bits per heavy atom. The maximum absolute atomic E-state index is 12.1. The van der Waals surface area contributed by atoms with Gasteiger partial charge in [0.1, 0.15) is 9.71 Å². The molecule has 5 heteroatoms. The van der Waals surface area contributed by atoms with Gasteiger partial charge in [-0.15, -0.1) is 11.3 Å². The molecule has 1 aliphatic rings. The van der Waals surface area contributed by atoms with Crippen LogP contribution < -0.4 is 5.73 Å². The summed E-state index contributed by atoms with van der Waals surface area (Å²) in [6.07, 6.45) is 4.47. The fraction of sp³-hybridized carbons (Fsp3) is 0.529. The molecule has 0 atom stereocenters. The Bertz CT molecular complexity index is 734. The van der Waals surface area contributed by atoms with Gasteiger partial charge in [0.25, 0.3) is 0 Å². The lowest BCUT2D eigenvalue weighted by atomic mass is 9.86. The van der Waals surface area contributed by atoms with Gasteiger partial charge in [-0.05, 0) is 49.7 Å². The number of nitrogens with zero attached hydrogens (tertiary/aromatic N) is 1. The zero-order chi connectivity index (χ0) is 15.9. The van der Waals surface area contributed by atoms with E-state index in [1.807, 2.05) is 0 Å². The summed E-state index contributed by atoms with van der Waals surface area (Å²) < 4.78 is 5.12. The second kappa shape index (κ2) is 5.88. The van der Waals surface area contributed by atoms with Crippen molar-refractivity contribution in [2.75, 3.05) is 12.3 Å². The van der Waals surface area contributed by atoms with Crippen molar-refractivity contribution >= 4 is 33.2 Å². The summed E-state index contributed by atoms with van der Waals surface area (Å²) in [6.45, 7) is 6.51. The minimum atomic E-state index is -0.335. The Morgan fingerprint density at radius 1 is 1.32 bits per heavy atom. The minimum Gasteiger partial charge on any atom is -0.462 e. The van der Waals surface area contributed by atoms with E-state index in [9.17, 15) is 4.79 Å². The molecule has 0 aliphatic heterocycles. The van der Waals surface area contributed by atoms with Gasteiger partial charge >= 0.3 is 5.97 Å². The Labute approximate surface area is 134 Å². The van der Waals surface area contributed by atoms with E-state index in [4.69, 9.17) is 15.5 Å². The molecule has 0 saturated heterocycles. The lowest BCUT2D eigenvalue weighted by Crippen LogP contribution is -2.11. The second-order valence-corrected chi connectivity index (χ2v) is 7.06. The van der Waals surface area contributed by atoms with E-state index >= 15 is 0 Å². The van der Waals surface area contributed by atoms with Crippen LogP contribution in [0.1, 0.15) is 66.0 Å². The lowest BCUT2D eigenvalue weighted by molar-refractivity contribution is 0.0533. The number of nitrogens with two attached hydrogens (primary N) is 1. The van der Waals surface area contributed by atoms with Crippen molar-refractivity contribution in [2.24, 2.45) is 0 Å². The van der Waals surface area contributed by atoms with Gasteiger partial charge < -0.3 is 10.5 Å². The Hall–Kier alpha value is -1.62. The van der Waals surface area contributed by atoms with Crippen molar-refractivity contribution < 1.29 is 9.53 Å². The number of nitrogen functional groups attached to an aromatic ring is 1. The summed E-state index contributed by atoms with van der Waals surface area (Å²) in [6, 6.07) is 0. The molecule has 4 nitrogen and oxygen atoms in total. The van der Waals surface area contributed by atoms with Crippen LogP contribution in [0.3, 0.4) is 0 Å². The third-order valence-corrected chi connectivity index (χ3v) is 5.31. The molecule has 0 fully saturated rings. The van der Waals surface area contributed by atoms with Gasteiger partial charge in [-0.1, -0.05) is 13.8 Å². The van der Waals surface area contributed by atoms with Crippen molar-refractivity contribution in [3.8, 4) is 0 Å². The fourth-order valence-electron chi connectivity index (χ4n) is 3.27. The van der Waals surface area contributed by atoms with Crippen molar-refractivity contribution in [3.63, 3.8) is 0 Å². The molecule has 2 N–H and O–H groups in total. The predicted octanol–water partition coefficient (Wildman–Crippen LogP) is 4.06. The number of hydrogen-bond donors (Lipinski definition) is 1. The summed E-state index contributed by atoms with van der Waals surface area (Å²) in [7, 11) is 0. The van der Waals surface area contributed by atoms with Crippen LogP contribution in [0.4, 0.5) is 5.69 Å². The first-order valence-corrected chi connectivity index (χ1v) is 8.77. The molecular weight excluding hydrogens is 296 g/mol. The summed E-state index contributed by atoms with van der Waals surface area (Å²) in [5.74, 6) is 0.0456. The highest BCUT2D eigenvalue weighted by Crippen LogP contribution is 2.41. The van der Waals surface area contributed by atoms with Crippen LogP contribution in [0.5, 0.6) is 0 Å². The van der Waals surface area contributed by atoms with Gasteiger partial charge in [0, 0.05) is 11.1 Å². The summed E-state index contributed by atoms with van der Waals surface area (Å²) in [5, 5.41) is 0.993. The molecule has 3 rings (SSSR count). The highest BCUT2D eigenvalue weighted by atomic mass is 32.1. The van der Waals surface area contributed by atoms with E-state index < -0.39 is 0 Å². The number of pyridine rings is 1.